The number of aromatic nitrogens is 1. The van der Waals surface area contributed by atoms with Crippen LogP contribution < -0.4 is 5.32 Å². The van der Waals surface area contributed by atoms with Crippen LogP contribution in [0.25, 0.3) is 0 Å². The molecule has 19 heavy (non-hydrogen) atoms. The van der Waals surface area contributed by atoms with Crippen LogP contribution in [0.5, 0.6) is 0 Å². The van der Waals surface area contributed by atoms with Crippen LogP contribution in [-0.2, 0) is 11.3 Å². The van der Waals surface area contributed by atoms with Gasteiger partial charge in [-0.05, 0) is 19.4 Å². The molecule has 0 aliphatic heterocycles. The lowest BCUT2D eigenvalue weighted by molar-refractivity contribution is 0.0372. The quantitative estimate of drug-likeness (QED) is 0.851. The summed E-state index contributed by atoms with van der Waals surface area (Å²) in [5.74, 6) is -0.376. The highest BCUT2D eigenvalue weighted by Crippen LogP contribution is 2.17. The van der Waals surface area contributed by atoms with Gasteiger partial charge in [0, 0.05) is 11.9 Å². The Morgan fingerprint density at radius 2 is 2.11 bits per heavy atom. The zero-order valence-corrected chi connectivity index (χ0v) is 11.7. The van der Waals surface area contributed by atoms with Crippen LogP contribution in [0.2, 0.25) is 0 Å². The average Bonchev–Trinajstić information content (AvgIpc) is 2.86. The number of nitrogens with one attached hydrogen (secondary N) is 1. The number of carbonyl (C=O) groups is 1. The van der Waals surface area contributed by atoms with E-state index >= 15 is 0 Å². The number of hydrogen-bond acceptors (Lipinski definition) is 5. The number of hydrogen-bond donors (Lipinski definition) is 1. The maximum absolute atomic E-state index is 11.6. The summed E-state index contributed by atoms with van der Waals surface area (Å²) in [7, 11) is 0. The van der Waals surface area contributed by atoms with E-state index in [1.165, 1.54) is 16.9 Å². The second kappa shape index (κ2) is 6.33. The van der Waals surface area contributed by atoms with E-state index < -0.39 is 0 Å². The molecule has 0 radical (unpaired) electrons. The molecule has 100 valence electrons. The fourth-order valence-electron chi connectivity index (χ4n) is 1.50. The second-order valence-corrected chi connectivity index (χ2v) is 5.19. The van der Waals surface area contributed by atoms with Gasteiger partial charge in [0.05, 0.1) is 6.10 Å². The van der Waals surface area contributed by atoms with Gasteiger partial charge in [-0.15, -0.1) is 11.3 Å². The van der Waals surface area contributed by atoms with Crippen LogP contribution in [0.3, 0.4) is 0 Å². The molecule has 0 aliphatic rings. The minimum Gasteiger partial charge on any atom is -0.458 e. The Bertz CT molecular complexity index is 537. The Balaban J connectivity index is 1.92. The molecule has 2 aromatic rings. The molecule has 1 heterocycles. The molecule has 4 nitrogen and oxygen atoms in total. The van der Waals surface area contributed by atoms with E-state index in [0.29, 0.717) is 12.2 Å². The molecule has 2 rings (SSSR count). The van der Waals surface area contributed by atoms with Crippen molar-refractivity contribution >= 4 is 22.4 Å². The number of carbonyl (C=O) groups excluding carboxylic acids is 1. The number of benzene rings is 1. The summed E-state index contributed by atoms with van der Waals surface area (Å²) in [4.78, 5) is 15.8. The predicted molar refractivity (Wildman–Crippen MR) is 76.4 cm³/mol. The summed E-state index contributed by atoms with van der Waals surface area (Å²) >= 11 is 1.40. The molecule has 1 aromatic carbocycles. The molecule has 0 bridgehead atoms. The maximum Gasteiger partial charge on any atom is 0.358 e. The van der Waals surface area contributed by atoms with Crippen molar-refractivity contribution in [3.05, 3.63) is 47.0 Å². The van der Waals surface area contributed by atoms with E-state index in [0.717, 1.165) is 5.13 Å². The highest BCUT2D eigenvalue weighted by atomic mass is 32.1. The molecule has 0 saturated carbocycles. The van der Waals surface area contributed by atoms with Gasteiger partial charge in [-0.2, -0.15) is 0 Å². The van der Waals surface area contributed by atoms with E-state index in [1.807, 2.05) is 44.2 Å². The molecule has 1 N–H and O–H groups in total. The lowest BCUT2D eigenvalue weighted by Crippen LogP contribution is -2.12. The van der Waals surface area contributed by atoms with Gasteiger partial charge in [-0.25, -0.2) is 9.78 Å². The maximum atomic E-state index is 11.6. The summed E-state index contributed by atoms with van der Waals surface area (Å²) in [6.07, 6.45) is -0.130. The van der Waals surface area contributed by atoms with E-state index in [-0.39, 0.29) is 12.1 Å². The third-order valence-electron chi connectivity index (χ3n) is 2.34. The van der Waals surface area contributed by atoms with Crippen LogP contribution >= 0.6 is 11.3 Å². The number of anilines is 1. The average molecular weight is 276 g/mol. The number of rotatable bonds is 5. The van der Waals surface area contributed by atoms with Crippen LogP contribution in [0.1, 0.15) is 29.9 Å². The first-order valence-electron chi connectivity index (χ1n) is 6.09. The molecule has 0 atom stereocenters. The molecule has 5 heteroatoms. The van der Waals surface area contributed by atoms with Gasteiger partial charge >= 0.3 is 5.97 Å². The van der Waals surface area contributed by atoms with Gasteiger partial charge in [-0.3, -0.25) is 0 Å². The van der Waals surface area contributed by atoms with Crippen LogP contribution in [0.15, 0.2) is 35.7 Å². The van der Waals surface area contributed by atoms with E-state index in [9.17, 15) is 4.79 Å². The molecule has 0 spiro atoms. The van der Waals surface area contributed by atoms with Gasteiger partial charge in [0.2, 0.25) is 0 Å². The van der Waals surface area contributed by atoms with Crippen molar-refractivity contribution in [2.24, 2.45) is 0 Å². The molecule has 0 amide bonds. The van der Waals surface area contributed by atoms with Gasteiger partial charge in [-0.1, -0.05) is 30.3 Å². The third-order valence-corrected chi connectivity index (χ3v) is 3.14. The Morgan fingerprint density at radius 3 is 2.79 bits per heavy atom. The SMILES string of the molecule is CC(C)OC(=O)c1csc(NCc2ccccc2)n1. The van der Waals surface area contributed by atoms with Gasteiger partial charge in [0.1, 0.15) is 0 Å². The lowest BCUT2D eigenvalue weighted by Gasteiger charge is -2.05. The molecule has 0 unspecified atom stereocenters. The normalized spacial score (nSPS) is 10.5. The predicted octanol–water partition coefficient (Wildman–Crippen LogP) is 3.32. The van der Waals surface area contributed by atoms with Crippen molar-refractivity contribution in [2.45, 2.75) is 26.5 Å². The zero-order valence-electron chi connectivity index (χ0n) is 10.9. The van der Waals surface area contributed by atoms with Gasteiger partial charge in [0.25, 0.3) is 0 Å². The summed E-state index contributed by atoms with van der Waals surface area (Å²) < 4.78 is 5.09. The Labute approximate surface area is 116 Å². The third kappa shape index (κ3) is 4.06. The smallest absolute Gasteiger partial charge is 0.358 e. The lowest BCUT2D eigenvalue weighted by atomic mass is 10.2. The minimum absolute atomic E-state index is 0.130. The Morgan fingerprint density at radius 1 is 1.37 bits per heavy atom. The zero-order chi connectivity index (χ0) is 13.7. The van der Waals surface area contributed by atoms with Crippen molar-refractivity contribution in [1.82, 2.24) is 4.98 Å². The molecular formula is C14H16N2O2S. The molecule has 0 fully saturated rings. The summed E-state index contributed by atoms with van der Waals surface area (Å²) in [5.41, 5.74) is 1.53. The molecule has 1 aromatic heterocycles. The van der Waals surface area contributed by atoms with E-state index in [4.69, 9.17) is 4.74 Å². The monoisotopic (exact) mass is 276 g/mol. The van der Waals surface area contributed by atoms with E-state index in [1.54, 1.807) is 5.38 Å². The van der Waals surface area contributed by atoms with Crippen molar-refractivity contribution < 1.29 is 9.53 Å². The Kier molecular flexibility index (Phi) is 4.52. The number of nitrogens with zero attached hydrogens (tertiary/aromatic N) is 1. The highest BCUT2D eigenvalue weighted by molar-refractivity contribution is 7.13. The number of esters is 1. The minimum atomic E-state index is -0.376. The van der Waals surface area contributed by atoms with Crippen LogP contribution in [0.4, 0.5) is 5.13 Å². The van der Waals surface area contributed by atoms with Crippen molar-refractivity contribution in [2.75, 3.05) is 5.32 Å². The summed E-state index contributed by atoms with van der Waals surface area (Å²) in [5, 5.41) is 5.62. The number of ether oxygens (including phenoxy) is 1. The van der Waals surface area contributed by atoms with Crippen molar-refractivity contribution in [3.8, 4) is 0 Å². The molecule has 0 saturated heterocycles. The second-order valence-electron chi connectivity index (χ2n) is 4.33. The van der Waals surface area contributed by atoms with Crippen LogP contribution in [0, 0.1) is 0 Å². The van der Waals surface area contributed by atoms with Gasteiger partial charge < -0.3 is 10.1 Å². The van der Waals surface area contributed by atoms with Crippen molar-refractivity contribution in [3.63, 3.8) is 0 Å². The standard InChI is InChI=1S/C14H16N2O2S/c1-10(2)18-13(17)12-9-19-14(16-12)15-8-11-6-4-3-5-7-11/h3-7,9-10H,8H2,1-2H3,(H,15,16). The topological polar surface area (TPSA) is 51.2 Å². The highest BCUT2D eigenvalue weighted by Gasteiger charge is 2.13. The first-order chi connectivity index (χ1) is 9.15. The first kappa shape index (κ1) is 13.5. The summed E-state index contributed by atoms with van der Waals surface area (Å²) in [6.45, 7) is 4.32. The fourth-order valence-corrected chi connectivity index (χ4v) is 2.18. The van der Waals surface area contributed by atoms with E-state index in [2.05, 4.69) is 10.3 Å². The largest absolute Gasteiger partial charge is 0.458 e. The number of thiazole rings is 1. The first-order valence-corrected chi connectivity index (χ1v) is 6.97. The Hall–Kier alpha value is -1.88. The molecule has 0 aliphatic carbocycles. The van der Waals surface area contributed by atoms with Crippen molar-refractivity contribution in [1.29, 1.82) is 0 Å². The molecular weight excluding hydrogens is 260 g/mol. The fraction of sp³-hybridized carbons (Fsp3) is 0.286. The van der Waals surface area contributed by atoms with Crippen LogP contribution in [-0.4, -0.2) is 17.1 Å². The summed E-state index contributed by atoms with van der Waals surface area (Å²) in [6, 6.07) is 10.0. The van der Waals surface area contributed by atoms with Gasteiger partial charge in [0.15, 0.2) is 10.8 Å².